The molecule has 2 amide bonds. The number of nitrogens with zero attached hydrogens (tertiary/aromatic N) is 1. The first kappa shape index (κ1) is 22.2. The summed E-state index contributed by atoms with van der Waals surface area (Å²) in [5, 5.41) is 12.4. The highest BCUT2D eigenvalue weighted by Crippen LogP contribution is 2.23. The number of amides is 2. The number of ether oxygens (including phenoxy) is 1. The zero-order chi connectivity index (χ0) is 21.6. The second kappa shape index (κ2) is 9.40. The van der Waals surface area contributed by atoms with Crippen molar-refractivity contribution in [3.05, 3.63) is 64.6 Å². The molecule has 1 atom stereocenters. The van der Waals surface area contributed by atoms with Crippen LogP contribution in [0.15, 0.2) is 48.3 Å². The molecule has 1 aromatic heterocycles. The van der Waals surface area contributed by atoms with E-state index in [9.17, 15) is 14.7 Å². The fraction of sp³-hybridized carbons (Fsp3) is 0.250. The van der Waals surface area contributed by atoms with Gasteiger partial charge in [-0.1, -0.05) is 29.8 Å². The number of carbonyl (C=O) groups is 2. The Morgan fingerprint density at radius 3 is 2.55 bits per heavy atom. The molecule has 0 saturated heterocycles. The van der Waals surface area contributed by atoms with Crippen LogP contribution >= 0.6 is 11.6 Å². The zero-order valence-electron chi connectivity index (χ0n) is 16.1. The molecule has 6 N–H and O–H groups in total. The predicted octanol–water partition coefficient (Wildman–Crippen LogP) is 1.36. The first-order valence-electron chi connectivity index (χ1n) is 8.70. The lowest BCUT2D eigenvalue weighted by molar-refractivity contribution is -0.130. The molecular weight excluding hydrogens is 396 g/mol. The second-order valence-electron chi connectivity index (χ2n) is 6.62. The van der Waals surface area contributed by atoms with Gasteiger partial charge in [0.2, 0.25) is 5.91 Å². The molecule has 0 fully saturated rings. The number of hydrogen-bond acceptors (Lipinski definition) is 6. The van der Waals surface area contributed by atoms with Gasteiger partial charge in [0.05, 0.1) is 17.9 Å². The van der Waals surface area contributed by atoms with E-state index in [2.05, 4.69) is 10.3 Å². The number of primary amides is 1. The predicted molar refractivity (Wildman–Crippen MR) is 110 cm³/mol. The normalized spacial score (nSPS) is 13.8. The summed E-state index contributed by atoms with van der Waals surface area (Å²) in [5.41, 5.74) is 10.8. The summed E-state index contributed by atoms with van der Waals surface area (Å²) >= 11 is 6.13. The molecule has 0 spiro atoms. The summed E-state index contributed by atoms with van der Waals surface area (Å²) < 4.78 is 5.75. The van der Waals surface area contributed by atoms with Crippen LogP contribution in [0.4, 0.5) is 0 Å². The average Bonchev–Trinajstić information content (AvgIpc) is 2.67. The van der Waals surface area contributed by atoms with Crippen LogP contribution in [-0.2, 0) is 16.2 Å². The first-order valence-corrected chi connectivity index (χ1v) is 9.08. The molecule has 154 valence electrons. The molecule has 1 heterocycles. The van der Waals surface area contributed by atoms with E-state index in [4.69, 9.17) is 27.8 Å². The Morgan fingerprint density at radius 1 is 1.28 bits per heavy atom. The van der Waals surface area contributed by atoms with Crippen molar-refractivity contribution < 1.29 is 19.4 Å². The highest BCUT2D eigenvalue weighted by molar-refractivity contribution is 6.31. The van der Waals surface area contributed by atoms with Crippen LogP contribution in [0.1, 0.15) is 25.1 Å². The van der Waals surface area contributed by atoms with E-state index in [-0.39, 0.29) is 23.6 Å². The van der Waals surface area contributed by atoms with Gasteiger partial charge in [0.25, 0.3) is 5.91 Å². The zero-order valence-corrected chi connectivity index (χ0v) is 16.9. The molecule has 29 heavy (non-hydrogen) atoms. The van der Waals surface area contributed by atoms with Gasteiger partial charge >= 0.3 is 0 Å². The maximum Gasteiger partial charge on any atom is 0.256 e. The summed E-state index contributed by atoms with van der Waals surface area (Å²) in [6.07, 6.45) is 1.47. The van der Waals surface area contributed by atoms with Crippen LogP contribution in [0.3, 0.4) is 0 Å². The monoisotopic (exact) mass is 418 g/mol. The minimum Gasteiger partial charge on any atom is -0.489 e. The molecule has 0 aliphatic heterocycles. The lowest BCUT2D eigenvalue weighted by Crippen LogP contribution is -2.58. The van der Waals surface area contributed by atoms with E-state index in [0.717, 1.165) is 5.56 Å². The van der Waals surface area contributed by atoms with Crippen molar-refractivity contribution in [2.45, 2.75) is 26.0 Å². The van der Waals surface area contributed by atoms with E-state index in [1.165, 1.54) is 20.0 Å². The Kier molecular flexibility index (Phi) is 7.19. The van der Waals surface area contributed by atoms with Crippen LogP contribution in [0.25, 0.3) is 5.57 Å². The standard InChI is InChI=1S/C20H23ClN4O4/c1-12(22)17(18(27)25-20(2,11-26)19(23)28)16-9-14(7-8-24-16)29-10-13-5-3-4-6-15(13)21/h3-9,26H,10-11,22H2,1-2H3,(H2,23,28)(H,25,27)/b17-12+. The van der Waals surface area contributed by atoms with Crippen molar-refractivity contribution in [1.82, 2.24) is 10.3 Å². The lowest BCUT2D eigenvalue weighted by atomic mass is 10.0. The number of aliphatic hydroxyl groups excluding tert-OH is 1. The number of aliphatic hydroxyl groups is 1. The number of nitrogens with two attached hydrogens (primary N) is 2. The fourth-order valence-electron chi connectivity index (χ4n) is 2.40. The Bertz CT molecular complexity index is 944. The molecule has 0 aliphatic carbocycles. The van der Waals surface area contributed by atoms with Gasteiger partial charge in [0.1, 0.15) is 17.9 Å². The quantitative estimate of drug-likeness (QED) is 0.477. The Morgan fingerprint density at radius 2 is 1.97 bits per heavy atom. The van der Waals surface area contributed by atoms with E-state index < -0.39 is 24.0 Å². The van der Waals surface area contributed by atoms with Gasteiger partial charge in [-0.25, -0.2) is 0 Å². The van der Waals surface area contributed by atoms with Crippen LogP contribution < -0.4 is 21.5 Å². The van der Waals surface area contributed by atoms with Crippen LogP contribution in [0.5, 0.6) is 5.75 Å². The van der Waals surface area contributed by atoms with Crippen molar-refractivity contribution in [1.29, 1.82) is 0 Å². The van der Waals surface area contributed by atoms with E-state index in [0.29, 0.717) is 10.8 Å². The molecule has 1 unspecified atom stereocenters. The fourth-order valence-corrected chi connectivity index (χ4v) is 2.59. The molecule has 2 rings (SSSR count). The van der Waals surface area contributed by atoms with Gasteiger partial charge < -0.3 is 26.6 Å². The van der Waals surface area contributed by atoms with Gasteiger partial charge in [-0.15, -0.1) is 0 Å². The number of halogens is 1. The second-order valence-corrected chi connectivity index (χ2v) is 7.03. The largest absolute Gasteiger partial charge is 0.489 e. The average molecular weight is 419 g/mol. The van der Waals surface area contributed by atoms with Gasteiger partial charge in [-0.2, -0.15) is 0 Å². The molecule has 8 nitrogen and oxygen atoms in total. The van der Waals surface area contributed by atoms with Crippen molar-refractivity contribution in [3.63, 3.8) is 0 Å². The van der Waals surface area contributed by atoms with Crippen molar-refractivity contribution in [2.24, 2.45) is 11.5 Å². The third kappa shape index (κ3) is 5.46. The number of benzene rings is 1. The summed E-state index contributed by atoms with van der Waals surface area (Å²) in [6.45, 7) is 2.39. The SMILES string of the molecule is C/C(N)=C(\C(=O)NC(C)(CO)C(N)=O)c1cc(OCc2ccccc2Cl)ccn1. The first-order chi connectivity index (χ1) is 13.7. The maximum atomic E-state index is 12.7. The summed E-state index contributed by atoms with van der Waals surface area (Å²) in [7, 11) is 0. The van der Waals surface area contributed by atoms with Gasteiger partial charge in [-0.3, -0.25) is 14.6 Å². The number of carbonyl (C=O) groups excluding carboxylic acids is 2. The number of pyridine rings is 1. The van der Waals surface area contributed by atoms with Crippen LogP contribution in [0.2, 0.25) is 5.02 Å². The minimum atomic E-state index is -1.64. The maximum absolute atomic E-state index is 12.7. The Balaban J connectivity index is 2.25. The summed E-state index contributed by atoms with van der Waals surface area (Å²) in [6, 6.07) is 10.4. The van der Waals surface area contributed by atoms with Gasteiger partial charge in [-0.05, 0) is 26.0 Å². The number of rotatable bonds is 8. The van der Waals surface area contributed by atoms with E-state index in [1.807, 2.05) is 18.2 Å². The van der Waals surface area contributed by atoms with Gasteiger partial charge in [0.15, 0.2) is 0 Å². The smallest absolute Gasteiger partial charge is 0.256 e. The molecule has 0 radical (unpaired) electrons. The Labute approximate surface area is 173 Å². The summed E-state index contributed by atoms with van der Waals surface area (Å²) in [4.78, 5) is 28.5. The van der Waals surface area contributed by atoms with E-state index in [1.54, 1.807) is 18.2 Å². The number of hydrogen-bond donors (Lipinski definition) is 4. The number of aromatic nitrogens is 1. The third-order valence-electron chi connectivity index (χ3n) is 4.21. The molecule has 0 bridgehead atoms. The molecule has 0 aliphatic rings. The topological polar surface area (TPSA) is 141 Å². The molecule has 9 heteroatoms. The molecular formula is C20H23ClN4O4. The number of allylic oxidation sites excluding steroid dienone is 1. The van der Waals surface area contributed by atoms with Crippen LogP contribution in [-0.4, -0.2) is 34.1 Å². The third-order valence-corrected chi connectivity index (χ3v) is 4.58. The highest BCUT2D eigenvalue weighted by atomic mass is 35.5. The molecule has 0 saturated carbocycles. The Hall–Kier alpha value is -3.10. The summed E-state index contributed by atoms with van der Waals surface area (Å²) in [5.74, 6) is -1.13. The molecule has 2 aromatic rings. The van der Waals surface area contributed by atoms with Gasteiger partial charge in [0, 0.05) is 28.5 Å². The van der Waals surface area contributed by atoms with E-state index >= 15 is 0 Å². The highest BCUT2D eigenvalue weighted by Gasteiger charge is 2.34. The number of nitrogens with one attached hydrogen (secondary N) is 1. The van der Waals surface area contributed by atoms with Crippen molar-refractivity contribution in [2.75, 3.05) is 6.61 Å². The lowest BCUT2D eigenvalue weighted by Gasteiger charge is -2.25. The minimum absolute atomic E-state index is 0.0362. The van der Waals surface area contributed by atoms with Crippen LogP contribution in [0, 0.1) is 0 Å². The molecule has 1 aromatic carbocycles. The van der Waals surface area contributed by atoms with Crippen molar-refractivity contribution in [3.8, 4) is 5.75 Å². The van der Waals surface area contributed by atoms with Crippen molar-refractivity contribution >= 4 is 29.0 Å².